The van der Waals surface area contributed by atoms with Gasteiger partial charge in [-0.3, -0.25) is 4.90 Å². The van der Waals surface area contributed by atoms with Crippen LogP contribution in [-0.4, -0.2) is 67.8 Å². The van der Waals surface area contributed by atoms with Crippen molar-refractivity contribution in [3.8, 4) is 0 Å². The predicted molar refractivity (Wildman–Crippen MR) is 77.8 cm³/mol. The van der Waals surface area contributed by atoms with Gasteiger partial charge in [0.05, 0.1) is 26.7 Å². The van der Waals surface area contributed by atoms with Crippen molar-refractivity contribution in [2.45, 2.75) is 45.1 Å². The molecule has 2 fully saturated rings. The number of rotatable bonds is 5. The summed E-state index contributed by atoms with van der Waals surface area (Å²) < 4.78 is 1.27. The van der Waals surface area contributed by atoms with E-state index in [1.807, 2.05) is 0 Å². The zero-order chi connectivity index (χ0) is 13.1. The summed E-state index contributed by atoms with van der Waals surface area (Å²) in [6.45, 7) is 13.5. The standard InChI is InChI=1S/C15H32N3/c1-4-18(3,5-2)15(8-6-7-9-15)14-17-12-10-16-11-13-17/h16H,4-14H2,1-3H3/q+1. The Balaban J connectivity index is 2.10. The van der Waals surface area contributed by atoms with Crippen LogP contribution in [0.3, 0.4) is 0 Å². The van der Waals surface area contributed by atoms with Gasteiger partial charge in [0.2, 0.25) is 0 Å². The second kappa shape index (κ2) is 5.89. The molecule has 1 aliphatic carbocycles. The molecule has 3 heteroatoms. The summed E-state index contributed by atoms with van der Waals surface area (Å²) in [6, 6.07) is 0. The predicted octanol–water partition coefficient (Wildman–Crippen LogP) is 1.69. The van der Waals surface area contributed by atoms with E-state index in [4.69, 9.17) is 0 Å². The van der Waals surface area contributed by atoms with E-state index in [1.165, 1.54) is 76.0 Å². The topological polar surface area (TPSA) is 15.3 Å². The van der Waals surface area contributed by atoms with Crippen molar-refractivity contribution >= 4 is 0 Å². The zero-order valence-corrected chi connectivity index (χ0v) is 12.7. The molecule has 0 atom stereocenters. The van der Waals surface area contributed by atoms with E-state index in [-0.39, 0.29) is 0 Å². The van der Waals surface area contributed by atoms with Crippen LogP contribution in [0.4, 0.5) is 0 Å². The second-order valence-corrected chi connectivity index (χ2v) is 6.49. The van der Waals surface area contributed by atoms with Crippen LogP contribution in [0.2, 0.25) is 0 Å². The Morgan fingerprint density at radius 3 is 2.11 bits per heavy atom. The van der Waals surface area contributed by atoms with Crippen LogP contribution in [0, 0.1) is 0 Å². The van der Waals surface area contributed by atoms with Crippen molar-refractivity contribution in [2.24, 2.45) is 0 Å². The number of piperazine rings is 1. The van der Waals surface area contributed by atoms with Crippen molar-refractivity contribution in [1.29, 1.82) is 0 Å². The van der Waals surface area contributed by atoms with Crippen LogP contribution in [0.1, 0.15) is 39.5 Å². The van der Waals surface area contributed by atoms with Gasteiger partial charge in [0, 0.05) is 39.0 Å². The normalized spacial score (nSPS) is 25.5. The Morgan fingerprint density at radius 1 is 1.06 bits per heavy atom. The molecule has 0 aromatic heterocycles. The molecule has 0 bridgehead atoms. The van der Waals surface area contributed by atoms with Crippen molar-refractivity contribution < 1.29 is 4.48 Å². The summed E-state index contributed by atoms with van der Waals surface area (Å²) in [5.74, 6) is 0. The highest BCUT2D eigenvalue weighted by Crippen LogP contribution is 2.40. The Morgan fingerprint density at radius 2 is 1.61 bits per heavy atom. The largest absolute Gasteiger partial charge is 0.321 e. The molecule has 0 radical (unpaired) electrons. The fraction of sp³-hybridized carbons (Fsp3) is 1.00. The van der Waals surface area contributed by atoms with Crippen LogP contribution < -0.4 is 5.32 Å². The number of hydrogen-bond acceptors (Lipinski definition) is 2. The third-order valence-electron chi connectivity index (χ3n) is 5.80. The summed E-state index contributed by atoms with van der Waals surface area (Å²) in [5.41, 5.74) is 0.542. The molecular formula is C15H32N3+. The first kappa shape index (κ1) is 14.3. The molecule has 0 amide bonds. The highest BCUT2D eigenvalue weighted by Gasteiger charge is 2.49. The summed E-state index contributed by atoms with van der Waals surface area (Å²) in [6.07, 6.45) is 5.77. The van der Waals surface area contributed by atoms with Crippen LogP contribution in [0.15, 0.2) is 0 Å². The molecule has 0 aromatic rings. The maximum Gasteiger partial charge on any atom is 0.112 e. The minimum absolute atomic E-state index is 0.542. The van der Waals surface area contributed by atoms with Crippen LogP contribution in [0.5, 0.6) is 0 Å². The Kier molecular flexibility index (Phi) is 4.68. The molecular weight excluding hydrogens is 222 g/mol. The van der Waals surface area contributed by atoms with E-state index in [0.717, 1.165) is 0 Å². The fourth-order valence-electron chi connectivity index (χ4n) is 4.08. The van der Waals surface area contributed by atoms with E-state index in [0.29, 0.717) is 5.54 Å². The van der Waals surface area contributed by atoms with Crippen LogP contribution in [-0.2, 0) is 0 Å². The lowest BCUT2D eigenvalue weighted by Gasteiger charge is -2.51. The molecule has 1 N–H and O–H groups in total. The monoisotopic (exact) mass is 254 g/mol. The number of hydrogen-bond donors (Lipinski definition) is 1. The molecule has 1 aliphatic heterocycles. The smallest absolute Gasteiger partial charge is 0.112 e. The van der Waals surface area contributed by atoms with E-state index in [1.54, 1.807) is 0 Å². The van der Waals surface area contributed by atoms with Crippen LogP contribution in [0.25, 0.3) is 0 Å². The SMILES string of the molecule is CC[N+](C)(CC)C1(CN2CCNCC2)CCCC1. The van der Waals surface area contributed by atoms with E-state index < -0.39 is 0 Å². The van der Waals surface area contributed by atoms with Gasteiger partial charge < -0.3 is 9.80 Å². The second-order valence-electron chi connectivity index (χ2n) is 6.49. The molecule has 0 unspecified atom stereocenters. The summed E-state index contributed by atoms with van der Waals surface area (Å²) in [7, 11) is 2.49. The molecule has 2 rings (SSSR count). The third kappa shape index (κ3) is 2.59. The van der Waals surface area contributed by atoms with Crippen molar-refractivity contribution in [1.82, 2.24) is 10.2 Å². The van der Waals surface area contributed by atoms with Gasteiger partial charge in [0.15, 0.2) is 0 Å². The number of quaternary nitrogens is 1. The fourth-order valence-corrected chi connectivity index (χ4v) is 4.08. The lowest BCUT2D eigenvalue weighted by molar-refractivity contribution is -0.955. The number of likely N-dealkylation sites (N-methyl/N-ethyl adjacent to an activating group) is 1. The summed E-state index contributed by atoms with van der Waals surface area (Å²) in [4.78, 5) is 2.71. The Labute approximate surface area is 113 Å². The van der Waals surface area contributed by atoms with Crippen molar-refractivity contribution in [3.63, 3.8) is 0 Å². The lowest BCUT2D eigenvalue weighted by atomic mass is 9.90. The minimum Gasteiger partial charge on any atom is -0.321 e. The van der Waals surface area contributed by atoms with E-state index in [2.05, 4.69) is 31.1 Å². The van der Waals surface area contributed by atoms with Crippen LogP contribution >= 0.6 is 0 Å². The average molecular weight is 254 g/mol. The maximum absolute atomic E-state index is 3.47. The van der Waals surface area contributed by atoms with Crippen molar-refractivity contribution in [3.05, 3.63) is 0 Å². The Bertz CT molecular complexity index is 248. The van der Waals surface area contributed by atoms with Gasteiger partial charge >= 0.3 is 0 Å². The molecule has 3 nitrogen and oxygen atoms in total. The third-order valence-corrected chi connectivity index (χ3v) is 5.80. The molecule has 1 heterocycles. The highest BCUT2D eigenvalue weighted by molar-refractivity contribution is 4.91. The van der Waals surface area contributed by atoms with Gasteiger partial charge in [-0.2, -0.15) is 0 Å². The van der Waals surface area contributed by atoms with Gasteiger partial charge in [-0.25, -0.2) is 0 Å². The average Bonchev–Trinajstić information content (AvgIpc) is 2.89. The molecule has 106 valence electrons. The van der Waals surface area contributed by atoms with E-state index in [9.17, 15) is 0 Å². The minimum atomic E-state index is 0.542. The van der Waals surface area contributed by atoms with Crippen molar-refractivity contribution in [2.75, 3.05) is 52.9 Å². The first-order chi connectivity index (χ1) is 8.66. The first-order valence-electron chi connectivity index (χ1n) is 7.93. The molecule has 2 aliphatic rings. The van der Waals surface area contributed by atoms with Gasteiger partial charge in [-0.1, -0.05) is 0 Å². The lowest BCUT2D eigenvalue weighted by Crippen LogP contribution is -2.66. The Hall–Kier alpha value is -0.120. The number of nitrogens with zero attached hydrogens (tertiary/aromatic N) is 2. The van der Waals surface area contributed by atoms with Gasteiger partial charge in [-0.05, 0) is 26.7 Å². The van der Waals surface area contributed by atoms with Gasteiger partial charge in [-0.15, -0.1) is 0 Å². The zero-order valence-electron chi connectivity index (χ0n) is 12.7. The quantitative estimate of drug-likeness (QED) is 0.751. The maximum atomic E-state index is 3.47. The highest BCUT2D eigenvalue weighted by atomic mass is 15.4. The van der Waals surface area contributed by atoms with Gasteiger partial charge in [0.1, 0.15) is 5.54 Å². The van der Waals surface area contributed by atoms with E-state index >= 15 is 0 Å². The molecule has 1 saturated carbocycles. The number of nitrogens with one attached hydrogen (secondary N) is 1. The molecule has 18 heavy (non-hydrogen) atoms. The first-order valence-corrected chi connectivity index (χ1v) is 7.93. The molecule has 1 saturated heterocycles. The summed E-state index contributed by atoms with van der Waals surface area (Å²) >= 11 is 0. The molecule has 0 spiro atoms. The molecule has 0 aromatic carbocycles. The van der Waals surface area contributed by atoms with Gasteiger partial charge in [0.25, 0.3) is 0 Å². The summed E-state index contributed by atoms with van der Waals surface area (Å²) in [5, 5.41) is 3.47.